The van der Waals surface area contributed by atoms with E-state index in [-0.39, 0.29) is 29.2 Å². The van der Waals surface area contributed by atoms with E-state index in [0.717, 1.165) is 36.6 Å². The highest BCUT2D eigenvalue weighted by atomic mass is 32.2. The molecule has 3 fully saturated rings. The van der Waals surface area contributed by atoms with Crippen LogP contribution in [0.4, 0.5) is 18.9 Å². The number of sulfone groups is 1. The van der Waals surface area contributed by atoms with Gasteiger partial charge in [-0.1, -0.05) is 6.07 Å². The normalized spacial score (nSPS) is 26.2. The number of rotatable bonds is 9. The standard InChI is InChI=1S/C31H35F3N2O8S/c1-16-12-25(43-2)23(15-24(16)44-21-10-8-17(9-11-21)30(39)40)28(37)36-27-19-7-6-18(13-19)26(27)29(38)35-20-4-3-5-22(14-20)45(41,42)31(32,33)34/h3-5,12,14-15,17-19,21,26-27H,6-11,13H2,1-2H3,(H,35,38)(H,36,37)(H,39,40). The molecule has 2 amide bonds. The van der Waals surface area contributed by atoms with Gasteiger partial charge in [0.1, 0.15) is 11.5 Å². The van der Waals surface area contributed by atoms with Crippen LogP contribution in [0.15, 0.2) is 41.3 Å². The summed E-state index contributed by atoms with van der Waals surface area (Å²) in [6.07, 6.45) is 4.15. The summed E-state index contributed by atoms with van der Waals surface area (Å²) in [5.41, 5.74) is -4.66. The minimum atomic E-state index is -5.60. The van der Waals surface area contributed by atoms with Crippen molar-refractivity contribution in [2.45, 2.75) is 74.4 Å². The van der Waals surface area contributed by atoms with Gasteiger partial charge in [-0.05, 0) is 99.6 Å². The van der Waals surface area contributed by atoms with E-state index in [1.165, 1.54) is 13.2 Å². The van der Waals surface area contributed by atoms with E-state index in [1.807, 2.05) is 6.92 Å². The summed E-state index contributed by atoms with van der Waals surface area (Å²) < 4.78 is 74.7. The van der Waals surface area contributed by atoms with Crippen molar-refractivity contribution in [3.05, 3.63) is 47.5 Å². The lowest BCUT2D eigenvalue weighted by molar-refractivity contribution is -0.143. The van der Waals surface area contributed by atoms with Gasteiger partial charge >= 0.3 is 11.5 Å². The van der Waals surface area contributed by atoms with Crippen molar-refractivity contribution in [2.24, 2.45) is 23.7 Å². The molecule has 3 aliphatic carbocycles. The van der Waals surface area contributed by atoms with Crippen LogP contribution in [0.3, 0.4) is 0 Å². The van der Waals surface area contributed by atoms with Crippen LogP contribution in [0.5, 0.6) is 11.5 Å². The second kappa shape index (κ2) is 12.5. The summed E-state index contributed by atoms with van der Waals surface area (Å²) in [7, 11) is -4.17. The van der Waals surface area contributed by atoms with Crippen LogP contribution in [0.25, 0.3) is 0 Å². The highest BCUT2D eigenvalue weighted by Crippen LogP contribution is 2.49. The number of carbonyl (C=O) groups is 3. The van der Waals surface area contributed by atoms with Crippen molar-refractivity contribution in [1.82, 2.24) is 5.32 Å². The van der Waals surface area contributed by atoms with E-state index in [4.69, 9.17) is 9.47 Å². The Labute approximate surface area is 258 Å². The number of methoxy groups -OCH3 is 1. The molecular weight excluding hydrogens is 617 g/mol. The Morgan fingerprint density at radius 1 is 0.956 bits per heavy atom. The zero-order valence-electron chi connectivity index (χ0n) is 24.7. The Morgan fingerprint density at radius 3 is 2.29 bits per heavy atom. The summed E-state index contributed by atoms with van der Waals surface area (Å²) in [4.78, 5) is 37.5. The van der Waals surface area contributed by atoms with Crippen LogP contribution >= 0.6 is 0 Å². The van der Waals surface area contributed by atoms with Gasteiger partial charge in [-0.3, -0.25) is 14.4 Å². The third-order valence-electron chi connectivity index (χ3n) is 9.29. The third kappa shape index (κ3) is 6.61. The molecule has 0 heterocycles. The van der Waals surface area contributed by atoms with Crippen LogP contribution in [-0.4, -0.2) is 56.1 Å². The molecule has 3 N–H and O–H groups in total. The molecular formula is C31H35F3N2O8S. The number of hydrogen-bond acceptors (Lipinski definition) is 7. The van der Waals surface area contributed by atoms with Gasteiger partial charge in [-0.2, -0.15) is 13.2 Å². The molecule has 4 atom stereocenters. The Kier molecular flexibility index (Phi) is 9.07. The van der Waals surface area contributed by atoms with Crippen molar-refractivity contribution < 1.29 is 50.6 Å². The summed E-state index contributed by atoms with van der Waals surface area (Å²) in [5, 5.41) is 14.8. The number of aryl methyl sites for hydroxylation is 1. The first kappa shape index (κ1) is 32.6. The molecule has 3 saturated carbocycles. The predicted octanol–water partition coefficient (Wildman–Crippen LogP) is 5.10. The number of carboxylic acid groups (broad SMARTS) is 1. The molecule has 2 aromatic rings. The number of anilines is 1. The molecule has 0 spiro atoms. The van der Waals surface area contributed by atoms with Gasteiger partial charge < -0.3 is 25.2 Å². The van der Waals surface area contributed by atoms with E-state index < -0.39 is 55.9 Å². The number of aliphatic carboxylic acids is 1. The molecule has 2 bridgehead atoms. The van der Waals surface area contributed by atoms with Crippen LogP contribution < -0.4 is 20.1 Å². The number of carboxylic acids is 1. The van der Waals surface area contributed by atoms with Gasteiger partial charge in [-0.25, -0.2) is 8.42 Å². The molecule has 5 rings (SSSR count). The van der Waals surface area contributed by atoms with Gasteiger partial charge in [0.25, 0.3) is 15.7 Å². The number of fused-ring (bicyclic) bond motifs is 2. The predicted molar refractivity (Wildman–Crippen MR) is 156 cm³/mol. The molecule has 0 aromatic heterocycles. The number of ether oxygens (including phenoxy) is 2. The van der Waals surface area contributed by atoms with E-state index in [0.29, 0.717) is 43.6 Å². The topological polar surface area (TPSA) is 148 Å². The fourth-order valence-electron chi connectivity index (χ4n) is 6.95. The van der Waals surface area contributed by atoms with Crippen LogP contribution in [0.2, 0.25) is 0 Å². The molecule has 0 aliphatic heterocycles. The Balaban J connectivity index is 1.32. The van der Waals surface area contributed by atoms with Gasteiger partial charge in [-0.15, -0.1) is 0 Å². The van der Waals surface area contributed by atoms with Crippen LogP contribution in [-0.2, 0) is 19.4 Å². The maximum absolute atomic E-state index is 13.7. The quantitative estimate of drug-likeness (QED) is 0.339. The summed E-state index contributed by atoms with van der Waals surface area (Å²) in [6, 6.07) is 6.71. The molecule has 14 heteroatoms. The Morgan fingerprint density at radius 2 is 1.64 bits per heavy atom. The highest BCUT2D eigenvalue weighted by Gasteiger charge is 2.52. The minimum Gasteiger partial charge on any atom is -0.496 e. The maximum Gasteiger partial charge on any atom is 0.501 e. The molecule has 4 unspecified atom stereocenters. The Bertz CT molecular complexity index is 1590. The second-order valence-electron chi connectivity index (χ2n) is 12.1. The largest absolute Gasteiger partial charge is 0.501 e. The SMILES string of the molecule is COc1cc(C)c(OC2CCC(C(=O)O)CC2)cc1C(=O)NC1C2CCC(C2)C1C(=O)Nc1cccc(S(=O)(=O)C(F)(F)F)c1. The lowest BCUT2D eigenvalue weighted by atomic mass is 9.83. The maximum atomic E-state index is 13.7. The average molecular weight is 653 g/mol. The van der Waals surface area contributed by atoms with Gasteiger partial charge in [0.05, 0.1) is 35.5 Å². The average Bonchev–Trinajstić information content (AvgIpc) is 3.60. The van der Waals surface area contributed by atoms with Crippen molar-refractivity contribution in [2.75, 3.05) is 12.4 Å². The number of halogens is 3. The zero-order valence-corrected chi connectivity index (χ0v) is 25.5. The van der Waals surface area contributed by atoms with E-state index in [2.05, 4.69) is 10.6 Å². The number of carbonyl (C=O) groups excluding carboxylic acids is 2. The first-order valence-electron chi connectivity index (χ1n) is 14.8. The van der Waals surface area contributed by atoms with Gasteiger partial charge in [0, 0.05) is 11.7 Å². The van der Waals surface area contributed by atoms with Crippen molar-refractivity contribution in [1.29, 1.82) is 0 Å². The molecule has 3 aliphatic rings. The molecule has 2 aromatic carbocycles. The lowest BCUT2D eigenvalue weighted by Crippen LogP contribution is -2.48. The molecule has 10 nitrogen and oxygen atoms in total. The van der Waals surface area contributed by atoms with Gasteiger partial charge in [0.2, 0.25) is 5.91 Å². The van der Waals surface area contributed by atoms with Crippen molar-refractivity contribution >= 4 is 33.3 Å². The summed E-state index contributed by atoms with van der Waals surface area (Å²) >= 11 is 0. The van der Waals surface area contributed by atoms with Crippen molar-refractivity contribution in [3.8, 4) is 11.5 Å². The monoisotopic (exact) mass is 652 g/mol. The summed E-state index contributed by atoms with van der Waals surface area (Å²) in [6.45, 7) is 1.81. The van der Waals surface area contributed by atoms with E-state index in [9.17, 15) is 41.1 Å². The zero-order chi connectivity index (χ0) is 32.7. The third-order valence-corrected chi connectivity index (χ3v) is 10.8. The summed E-state index contributed by atoms with van der Waals surface area (Å²) in [5.74, 6) is -2.20. The van der Waals surface area contributed by atoms with Crippen LogP contribution in [0.1, 0.15) is 60.9 Å². The fourth-order valence-corrected chi connectivity index (χ4v) is 7.75. The number of hydrogen-bond donors (Lipinski definition) is 3. The molecule has 0 saturated heterocycles. The first-order valence-corrected chi connectivity index (χ1v) is 16.3. The second-order valence-corrected chi connectivity index (χ2v) is 14.0. The van der Waals surface area contributed by atoms with Crippen molar-refractivity contribution in [3.63, 3.8) is 0 Å². The Hall–Kier alpha value is -3.81. The van der Waals surface area contributed by atoms with Crippen LogP contribution in [0, 0.1) is 30.6 Å². The van der Waals surface area contributed by atoms with E-state index in [1.54, 1.807) is 12.1 Å². The van der Waals surface area contributed by atoms with Gasteiger partial charge in [0.15, 0.2) is 0 Å². The smallest absolute Gasteiger partial charge is 0.496 e. The molecule has 0 radical (unpaired) electrons. The fraction of sp³-hybridized carbons (Fsp3) is 0.516. The lowest BCUT2D eigenvalue weighted by Gasteiger charge is -2.31. The number of amides is 2. The van der Waals surface area contributed by atoms with E-state index >= 15 is 0 Å². The minimum absolute atomic E-state index is 0.00299. The number of benzene rings is 2. The molecule has 244 valence electrons. The number of alkyl halides is 3. The highest BCUT2D eigenvalue weighted by molar-refractivity contribution is 7.92. The first-order chi connectivity index (χ1) is 21.2. The molecule has 45 heavy (non-hydrogen) atoms. The number of nitrogens with one attached hydrogen (secondary N) is 2.